The molecule has 262 valence electrons. The average molecular weight is 690 g/mol. The molecule has 1 aliphatic rings. The Bertz CT molecular complexity index is 1460. The number of carbonyl (C=O) groups excluding carboxylic acids is 2. The van der Waals surface area contributed by atoms with E-state index in [9.17, 15) is 40.7 Å². The van der Waals surface area contributed by atoms with Crippen LogP contribution in [0.1, 0.15) is 63.2 Å². The van der Waals surface area contributed by atoms with Crippen LogP contribution in [-0.4, -0.2) is 92.9 Å². The van der Waals surface area contributed by atoms with Crippen LogP contribution in [0, 0.1) is 11.7 Å². The molecule has 47 heavy (non-hydrogen) atoms. The second-order valence-electron chi connectivity index (χ2n) is 12.0. The van der Waals surface area contributed by atoms with E-state index in [1.54, 1.807) is 13.8 Å². The first-order chi connectivity index (χ1) is 22.0. The van der Waals surface area contributed by atoms with Gasteiger partial charge in [-0.2, -0.15) is 13.2 Å². The molecule has 0 aliphatic carbocycles. The van der Waals surface area contributed by atoms with Gasteiger partial charge >= 0.3 is 6.18 Å². The second kappa shape index (κ2) is 16.6. The zero-order chi connectivity index (χ0) is 34.9. The Hall–Kier alpha value is -3.43. The van der Waals surface area contributed by atoms with Gasteiger partial charge in [-0.25, -0.2) is 12.8 Å². The van der Waals surface area contributed by atoms with Crippen molar-refractivity contribution in [2.45, 2.75) is 82.2 Å². The molecule has 0 unspecified atom stereocenters. The third-order valence-corrected chi connectivity index (χ3v) is 9.33. The number of amides is 2. The number of hydrogen-bond donors (Lipinski definition) is 2. The first-order valence-electron chi connectivity index (χ1n) is 15.4. The maximum Gasteiger partial charge on any atom is 0.389 e. The molecule has 0 fully saturated rings. The standard InChI is InChI=1S/C32H43F4N3O7S/c1-21-18-39(22(2)20-40)31(42)27-17-25(37-47(43,44)26-11-8-24(33)9-12-26)10-13-28(27)46-23(3)7-5-6-16-45-29(21)19-38(4)30(41)14-15-32(34,35)36/h8-13,17,21-23,29,37,40H,5-7,14-16,18-20H2,1-4H3/t21-,22-,23+,29+/m0/s1. The molecule has 2 aromatic rings. The van der Waals surface area contributed by atoms with E-state index in [4.69, 9.17) is 9.47 Å². The first-order valence-corrected chi connectivity index (χ1v) is 16.9. The van der Waals surface area contributed by atoms with Crippen LogP contribution in [-0.2, 0) is 19.6 Å². The number of nitrogens with one attached hydrogen (secondary N) is 1. The van der Waals surface area contributed by atoms with Gasteiger partial charge in [0, 0.05) is 44.8 Å². The number of anilines is 1. The molecule has 0 aromatic heterocycles. The van der Waals surface area contributed by atoms with Crippen molar-refractivity contribution in [3.05, 3.63) is 53.8 Å². The first kappa shape index (κ1) is 38.0. The van der Waals surface area contributed by atoms with Gasteiger partial charge in [0.15, 0.2) is 0 Å². The lowest BCUT2D eigenvalue weighted by Crippen LogP contribution is -2.48. The Morgan fingerprint density at radius 3 is 2.47 bits per heavy atom. The van der Waals surface area contributed by atoms with E-state index in [1.807, 2.05) is 6.92 Å². The molecule has 2 N–H and O–H groups in total. The minimum Gasteiger partial charge on any atom is -0.490 e. The van der Waals surface area contributed by atoms with Crippen LogP contribution in [0.15, 0.2) is 47.4 Å². The van der Waals surface area contributed by atoms with Crippen LogP contribution >= 0.6 is 0 Å². The number of benzene rings is 2. The summed E-state index contributed by atoms with van der Waals surface area (Å²) in [5.74, 6) is -2.11. The number of ether oxygens (including phenoxy) is 2. The fraction of sp³-hybridized carbons (Fsp3) is 0.562. The molecule has 2 amide bonds. The van der Waals surface area contributed by atoms with E-state index in [0.29, 0.717) is 25.9 Å². The Balaban J connectivity index is 1.95. The summed E-state index contributed by atoms with van der Waals surface area (Å²) in [5.41, 5.74) is 0.0706. The van der Waals surface area contributed by atoms with Gasteiger partial charge < -0.3 is 24.4 Å². The molecule has 0 bridgehead atoms. The number of fused-ring (bicyclic) bond motifs is 1. The SMILES string of the molecule is C[C@@H]1CCCCO[C@H](CN(C)C(=O)CCC(F)(F)F)[C@@H](C)CN([C@@H](C)CO)C(=O)c2cc(NS(=O)(=O)c3ccc(F)cc3)ccc2O1. The van der Waals surface area contributed by atoms with Gasteiger partial charge in [-0.1, -0.05) is 6.92 Å². The minimum atomic E-state index is -4.47. The Morgan fingerprint density at radius 1 is 1.15 bits per heavy atom. The largest absolute Gasteiger partial charge is 0.490 e. The maximum atomic E-state index is 14.2. The van der Waals surface area contributed by atoms with Gasteiger partial charge in [0.05, 0.1) is 41.7 Å². The average Bonchev–Trinajstić information content (AvgIpc) is 3.00. The van der Waals surface area contributed by atoms with Gasteiger partial charge in [-0.05, 0) is 75.6 Å². The summed E-state index contributed by atoms with van der Waals surface area (Å²) in [7, 11) is -2.74. The van der Waals surface area contributed by atoms with Gasteiger partial charge in [-0.3, -0.25) is 14.3 Å². The van der Waals surface area contributed by atoms with E-state index in [2.05, 4.69) is 4.72 Å². The van der Waals surface area contributed by atoms with Gasteiger partial charge in [0.2, 0.25) is 5.91 Å². The molecule has 1 aliphatic heterocycles. The van der Waals surface area contributed by atoms with Gasteiger partial charge in [0.1, 0.15) is 11.6 Å². The Labute approximate surface area is 273 Å². The topological polar surface area (TPSA) is 125 Å². The summed E-state index contributed by atoms with van der Waals surface area (Å²) in [6, 6.07) is 7.79. The molecule has 1 heterocycles. The molecule has 10 nitrogen and oxygen atoms in total. The number of sulfonamides is 1. The third kappa shape index (κ3) is 11.4. The van der Waals surface area contributed by atoms with Crippen LogP contribution in [0.3, 0.4) is 0 Å². The molecule has 2 aromatic carbocycles. The van der Waals surface area contributed by atoms with Crippen molar-refractivity contribution in [2.75, 3.05) is 38.1 Å². The lowest BCUT2D eigenvalue weighted by Gasteiger charge is -2.36. The van der Waals surface area contributed by atoms with E-state index in [1.165, 1.54) is 35.0 Å². The van der Waals surface area contributed by atoms with Crippen molar-refractivity contribution < 1.29 is 50.1 Å². The summed E-state index contributed by atoms with van der Waals surface area (Å²) in [4.78, 5) is 29.1. The molecule has 0 saturated heterocycles. The lowest BCUT2D eigenvalue weighted by molar-refractivity contribution is -0.149. The van der Waals surface area contributed by atoms with Crippen molar-refractivity contribution in [3.63, 3.8) is 0 Å². The quantitative estimate of drug-likeness (QED) is 0.346. The lowest BCUT2D eigenvalue weighted by atomic mass is 10.0. The van der Waals surface area contributed by atoms with E-state index in [0.717, 1.165) is 24.3 Å². The van der Waals surface area contributed by atoms with Crippen molar-refractivity contribution >= 4 is 27.5 Å². The predicted octanol–water partition coefficient (Wildman–Crippen LogP) is 5.22. The highest BCUT2D eigenvalue weighted by atomic mass is 32.2. The summed E-state index contributed by atoms with van der Waals surface area (Å²) < 4.78 is 92.3. The fourth-order valence-corrected chi connectivity index (χ4v) is 6.14. The highest BCUT2D eigenvalue weighted by Gasteiger charge is 2.32. The highest BCUT2D eigenvalue weighted by molar-refractivity contribution is 7.92. The zero-order valence-corrected chi connectivity index (χ0v) is 27.7. The van der Waals surface area contributed by atoms with Crippen LogP contribution < -0.4 is 9.46 Å². The number of aliphatic hydroxyl groups excluding tert-OH is 1. The van der Waals surface area contributed by atoms with Crippen molar-refractivity contribution in [1.82, 2.24) is 9.80 Å². The normalized spacial score (nSPS) is 20.8. The van der Waals surface area contributed by atoms with E-state index in [-0.39, 0.29) is 41.1 Å². The molecule has 3 rings (SSSR count). The number of likely N-dealkylation sites (N-methyl/N-ethyl adjacent to an activating group) is 1. The van der Waals surface area contributed by atoms with Crippen LogP contribution in [0.25, 0.3) is 0 Å². The van der Waals surface area contributed by atoms with Gasteiger partial charge in [-0.15, -0.1) is 0 Å². The predicted molar refractivity (Wildman–Crippen MR) is 167 cm³/mol. The van der Waals surface area contributed by atoms with E-state index >= 15 is 0 Å². The van der Waals surface area contributed by atoms with Crippen LogP contribution in [0.5, 0.6) is 5.75 Å². The molecular formula is C32H43F4N3O7S. The number of alkyl halides is 3. The molecule has 0 saturated carbocycles. The van der Waals surface area contributed by atoms with Gasteiger partial charge in [0.25, 0.3) is 15.9 Å². The summed E-state index contributed by atoms with van der Waals surface area (Å²) in [5, 5.41) is 10.1. The van der Waals surface area contributed by atoms with Crippen molar-refractivity contribution in [1.29, 1.82) is 0 Å². The van der Waals surface area contributed by atoms with Crippen molar-refractivity contribution in [3.8, 4) is 5.75 Å². The molecule has 4 atom stereocenters. The Kier molecular flexibility index (Phi) is 13.4. The summed E-state index contributed by atoms with van der Waals surface area (Å²) in [6.45, 7) is 5.14. The Morgan fingerprint density at radius 2 is 1.83 bits per heavy atom. The molecule has 15 heteroatoms. The highest BCUT2D eigenvalue weighted by Crippen LogP contribution is 2.30. The molecular weight excluding hydrogens is 646 g/mol. The van der Waals surface area contributed by atoms with Crippen LogP contribution in [0.2, 0.25) is 0 Å². The fourth-order valence-electron chi connectivity index (χ4n) is 5.09. The zero-order valence-electron chi connectivity index (χ0n) is 26.9. The van der Waals surface area contributed by atoms with E-state index < -0.39 is 71.3 Å². The number of rotatable bonds is 9. The second-order valence-corrected chi connectivity index (χ2v) is 13.6. The maximum absolute atomic E-state index is 14.2. The van der Waals surface area contributed by atoms with Crippen molar-refractivity contribution in [2.24, 2.45) is 5.92 Å². The third-order valence-electron chi connectivity index (χ3n) is 7.93. The minimum absolute atomic E-state index is 0.0151. The number of nitrogens with zero attached hydrogens (tertiary/aromatic N) is 2. The molecule has 0 spiro atoms. The number of hydrogen-bond acceptors (Lipinski definition) is 7. The monoisotopic (exact) mass is 689 g/mol. The molecule has 0 radical (unpaired) electrons. The van der Waals surface area contributed by atoms with Crippen LogP contribution in [0.4, 0.5) is 23.2 Å². The number of halogens is 4. The summed E-state index contributed by atoms with van der Waals surface area (Å²) >= 11 is 0. The number of aliphatic hydroxyl groups is 1. The summed E-state index contributed by atoms with van der Waals surface area (Å²) in [6.07, 6.45) is -5.50. The smallest absolute Gasteiger partial charge is 0.389 e. The number of carbonyl (C=O) groups is 2.